The van der Waals surface area contributed by atoms with Crippen molar-refractivity contribution in [2.45, 2.75) is 44.9 Å². The Hall–Kier alpha value is -1.94. The number of nitrogens with one attached hydrogen (secondary N) is 1. The maximum Gasteiger partial charge on any atom is 0.147 e. The molecule has 0 bridgehead atoms. The fourth-order valence-corrected chi connectivity index (χ4v) is 3.28. The number of aryl methyl sites for hydroxylation is 1. The molecule has 0 amide bonds. The number of benzene rings is 1. The molecule has 110 valence electrons. The highest BCUT2D eigenvalue weighted by Crippen LogP contribution is 2.47. The topological polar surface area (TPSA) is 63.8 Å². The van der Waals surface area contributed by atoms with Crippen molar-refractivity contribution in [1.29, 1.82) is 0 Å². The van der Waals surface area contributed by atoms with Gasteiger partial charge in [0.1, 0.15) is 11.6 Å². The van der Waals surface area contributed by atoms with Gasteiger partial charge in [0, 0.05) is 11.3 Å². The predicted octanol–water partition coefficient (Wildman–Crippen LogP) is 3.10. The zero-order chi connectivity index (χ0) is 14.9. The number of anilines is 1. The molecule has 0 unspecified atom stereocenters. The third-order valence-electron chi connectivity index (χ3n) is 4.67. The molecule has 0 atom stereocenters. The SMILES string of the molecule is CCc1c(C)nc(C2(c3ccccc3)CCC2)nc1NN. The molecule has 2 aromatic rings. The van der Waals surface area contributed by atoms with Gasteiger partial charge < -0.3 is 5.43 Å². The van der Waals surface area contributed by atoms with E-state index in [1.165, 1.54) is 12.0 Å². The summed E-state index contributed by atoms with van der Waals surface area (Å²) in [6.07, 6.45) is 4.31. The van der Waals surface area contributed by atoms with Crippen LogP contribution in [0.2, 0.25) is 0 Å². The molecular formula is C17H22N4. The highest BCUT2D eigenvalue weighted by Gasteiger charge is 2.43. The summed E-state index contributed by atoms with van der Waals surface area (Å²) in [4.78, 5) is 9.56. The summed E-state index contributed by atoms with van der Waals surface area (Å²) in [6.45, 7) is 4.14. The van der Waals surface area contributed by atoms with Crippen molar-refractivity contribution >= 4 is 5.82 Å². The first-order valence-electron chi connectivity index (χ1n) is 7.61. The van der Waals surface area contributed by atoms with E-state index in [9.17, 15) is 0 Å². The number of nitrogens with two attached hydrogens (primary N) is 1. The van der Waals surface area contributed by atoms with Crippen molar-refractivity contribution in [3.05, 3.63) is 53.0 Å². The average Bonchev–Trinajstić information content (AvgIpc) is 2.46. The molecule has 4 nitrogen and oxygen atoms in total. The lowest BCUT2D eigenvalue weighted by molar-refractivity contribution is 0.284. The van der Waals surface area contributed by atoms with Gasteiger partial charge in [0.05, 0.1) is 5.41 Å². The Morgan fingerprint density at radius 3 is 2.43 bits per heavy atom. The molecule has 0 saturated heterocycles. The van der Waals surface area contributed by atoms with Gasteiger partial charge in [-0.2, -0.15) is 0 Å². The van der Waals surface area contributed by atoms with Crippen LogP contribution in [0.15, 0.2) is 30.3 Å². The van der Waals surface area contributed by atoms with Gasteiger partial charge in [0.2, 0.25) is 0 Å². The first-order chi connectivity index (χ1) is 10.2. The van der Waals surface area contributed by atoms with Gasteiger partial charge in [0.15, 0.2) is 0 Å². The molecule has 4 heteroatoms. The summed E-state index contributed by atoms with van der Waals surface area (Å²) in [5.74, 6) is 7.34. The Morgan fingerprint density at radius 2 is 1.90 bits per heavy atom. The quantitative estimate of drug-likeness (QED) is 0.668. The second kappa shape index (κ2) is 5.45. The van der Waals surface area contributed by atoms with Crippen LogP contribution in [0.4, 0.5) is 5.82 Å². The van der Waals surface area contributed by atoms with E-state index in [4.69, 9.17) is 15.8 Å². The molecule has 1 aliphatic carbocycles. The first-order valence-corrected chi connectivity index (χ1v) is 7.61. The maximum atomic E-state index is 5.67. The van der Waals surface area contributed by atoms with Gasteiger partial charge in [-0.3, -0.25) is 0 Å². The zero-order valence-electron chi connectivity index (χ0n) is 12.7. The molecule has 3 N–H and O–H groups in total. The van der Waals surface area contributed by atoms with E-state index in [0.717, 1.165) is 42.2 Å². The third kappa shape index (κ3) is 2.20. The van der Waals surface area contributed by atoms with Crippen LogP contribution in [0.1, 0.15) is 48.8 Å². The van der Waals surface area contributed by atoms with Gasteiger partial charge >= 0.3 is 0 Å². The Labute approximate surface area is 125 Å². The second-order valence-corrected chi connectivity index (χ2v) is 5.76. The van der Waals surface area contributed by atoms with Gasteiger partial charge in [-0.25, -0.2) is 15.8 Å². The fourth-order valence-electron chi connectivity index (χ4n) is 3.28. The lowest BCUT2D eigenvalue weighted by atomic mass is 9.64. The fraction of sp³-hybridized carbons (Fsp3) is 0.412. The van der Waals surface area contributed by atoms with Crippen molar-refractivity contribution < 1.29 is 0 Å². The lowest BCUT2D eigenvalue weighted by Gasteiger charge is -2.41. The maximum absolute atomic E-state index is 5.67. The lowest BCUT2D eigenvalue weighted by Crippen LogP contribution is -2.38. The Bertz CT molecular complexity index is 633. The van der Waals surface area contributed by atoms with E-state index in [-0.39, 0.29) is 5.41 Å². The minimum atomic E-state index is -0.0378. The van der Waals surface area contributed by atoms with Crippen molar-refractivity contribution in [3.8, 4) is 0 Å². The Balaban J connectivity index is 2.12. The van der Waals surface area contributed by atoms with Gasteiger partial charge in [0.25, 0.3) is 0 Å². The number of hydrazine groups is 1. The molecule has 0 spiro atoms. The second-order valence-electron chi connectivity index (χ2n) is 5.76. The van der Waals surface area contributed by atoms with Crippen LogP contribution in [-0.4, -0.2) is 9.97 Å². The molecule has 0 aliphatic heterocycles. The van der Waals surface area contributed by atoms with Crippen LogP contribution in [0.25, 0.3) is 0 Å². The molecular weight excluding hydrogens is 260 g/mol. The molecule has 1 aliphatic rings. The minimum Gasteiger partial charge on any atom is -0.308 e. The van der Waals surface area contributed by atoms with Crippen LogP contribution < -0.4 is 11.3 Å². The summed E-state index contributed by atoms with van der Waals surface area (Å²) in [5, 5.41) is 0. The largest absolute Gasteiger partial charge is 0.308 e. The minimum absolute atomic E-state index is 0.0378. The molecule has 3 rings (SSSR count). The summed E-state index contributed by atoms with van der Waals surface area (Å²) >= 11 is 0. The summed E-state index contributed by atoms with van der Waals surface area (Å²) < 4.78 is 0. The molecule has 21 heavy (non-hydrogen) atoms. The number of aromatic nitrogens is 2. The Morgan fingerprint density at radius 1 is 1.19 bits per heavy atom. The van der Waals surface area contributed by atoms with Crippen molar-refractivity contribution in [2.75, 3.05) is 5.43 Å². The van der Waals surface area contributed by atoms with Gasteiger partial charge in [-0.15, -0.1) is 0 Å². The third-order valence-corrected chi connectivity index (χ3v) is 4.67. The first kappa shape index (κ1) is 14.0. The summed E-state index contributed by atoms with van der Waals surface area (Å²) in [5.41, 5.74) is 6.15. The van der Waals surface area contributed by atoms with E-state index < -0.39 is 0 Å². The van der Waals surface area contributed by atoms with E-state index in [2.05, 4.69) is 42.7 Å². The van der Waals surface area contributed by atoms with E-state index >= 15 is 0 Å². The number of nitrogen functional groups attached to an aromatic ring is 1. The molecule has 1 aromatic heterocycles. The molecule has 0 radical (unpaired) electrons. The smallest absolute Gasteiger partial charge is 0.147 e. The average molecular weight is 282 g/mol. The van der Waals surface area contributed by atoms with Crippen LogP contribution in [0, 0.1) is 6.92 Å². The van der Waals surface area contributed by atoms with Crippen LogP contribution in [-0.2, 0) is 11.8 Å². The standard InChI is InChI=1S/C17H22N4/c1-3-14-12(2)19-16(20-15(14)21-18)17(10-7-11-17)13-8-5-4-6-9-13/h4-6,8-9H,3,7,10-11,18H2,1-2H3,(H,19,20,21). The van der Waals surface area contributed by atoms with Crippen molar-refractivity contribution in [1.82, 2.24) is 9.97 Å². The summed E-state index contributed by atoms with van der Waals surface area (Å²) in [6, 6.07) is 10.6. The van der Waals surface area contributed by atoms with Crippen LogP contribution >= 0.6 is 0 Å². The normalized spacial score (nSPS) is 16.3. The highest BCUT2D eigenvalue weighted by molar-refractivity contribution is 5.48. The van der Waals surface area contributed by atoms with Crippen molar-refractivity contribution in [2.24, 2.45) is 5.84 Å². The Kier molecular flexibility index (Phi) is 3.64. The van der Waals surface area contributed by atoms with Gasteiger partial charge in [-0.1, -0.05) is 43.7 Å². The monoisotopic (exact) mass is 282 g/mol. The summed E-state index contributed by atoms with van der Waals surface area (Å²) in [7, 11) is 0. The predicted molar refractivity (Wildman–Crippen MR) is 85.0 cm³/mol. The van der Waals surface area contributed by atoms with Crippen LogP contribution in [0.5, 0.6) is 0 Å². The molecule has 1 fully saturated rings. The molecule has 1 heterocycles. The highest BCUT2D eigenvalue weighted by atomic mass is 15.3. The molecule has 1 saturated carbocycles. The van der Waals surface area contributed by atoms with E-state index in [1.54, 1.807) is 0 Å². The van der Waals surface area contributed by atoms with Crippen LogP contribution in [0.3, 0.4) is 0 Å². The number of hydrogen-bond acceptors (Lipinski definition) is 4. The van der Waals surface area contributed by atoms with E-state index in [0.29, 0.717) is 0 Å². The van der Waals surface area contributed by atoms with Crippen molar-refractivity contribution in [3.63, 3.8) is 0 Å². The zero-order valence-corrected chi connectivity index (χ0v) is 12.7. The van der Waals surface area contributed by atoms with E-state index in [1.807, 2.05) is 6.92 Å². The number of rotatable bonds is 4. The molecule has 1 aromatic carbocycles. The number of hydrogen-bond donors (Lipinski definition) is 2. The number of nitrogens with zero attached hydrogens (tertiary/aromatic N) is 2. The van der Waals surface area contributed by atoms with Gasteiger partial charge in [-0.05, 0) is 31.7 Å².